The maximum absolute atomic E-state index is 5.48. The summed E-state index contributed by atoms with van der Waals surface area (Å²) in [5.41, 5.74) is 3.26. The Morgan fingerprint density at radius 3 is 2.30 bits per heavy atom. The molecule has 2 aromatic rings. The van der Waals surface area contributed by atoms with E-state index >= 15 is 0 Å². The minimum absolute atomic E-state index is 0.734. The van der Waals surface area contributed by atoms with E-state index in [1.165, 1.54) is 0 Å². The van der Waals surface area contributed by atoms with Crippen molar-refractivity contribution in [2.24, 2.45) is 7.05 Å². The summed E-state index contributed by atoms with van der Waals surface area (Å²) in [6, 6.07) is 4.04. The van der Waals surface area contributed by atoms with Crippen LogP contribution in [0.2, 0.25) is 0 Å². The molecule has 5 heteroatoms. The Morgan fingerprint density at radius 1 is 1.15 bits per heavy atom. The molecule has 4 nitrogen and oxygen atoms in total. The topological polar surface area (TPSA) is 36.3 Å². The van der Waals surface area contributed by atoms with Crippen LogP contribution in [0, 0.1) is 13.8 Å². The average molecular weight is 339 g/mol. The normalized spacial score (nSPS) is 10.7. The van der Waals surface area contributed by atoms with Crippen molar-refractivity contribution < 1.29 is 9.47 Å². The molecule has 0 unspecified atom stereocenters. The fraction of sp³-hybridized carbons (Fsp3) is 0.400. The highest BCUT2D eigenvalue weighted by Gasteiger charge is 2.15. The number of methoxy groups -OCH3 is 2. The Kier molecular flexibility index (Phi) is 4.38. The smallest absolute Gasteiger partial charge is 0.127 e. The number of imidazole rings is 1. The predicted octanol–water partition coefficient (Wildman–Crippen LogP) is 3.41. The van der Waals surface area contributed by atoms with Crippen LogP contribution in [0.5, 0.6) is 11.5 Å². The summed E-state index contributed by atoms with van der Waals surface area (Å²) in [5, 5.41) is 0. The first-order valence-corrected chi connectivity index (χ1v) is 7.16. The molecule has 0 atom stereocenters. The molecular weight excluding hydrogens is 320 g/mol. The Labute approximate surface area is 127 Å². The van der Waals surface area contributed by atoms with Crippen LogP contribution in [0.4, 0.5) is 0 Å². The van der Waals surface area contributed by atoms with Gasteiger partial charge in [0.25, 0.3) is 0 Å². The molecule has 0 aliphatic rings. The molecule has 0 saturated heterocycles. The van der Waals surface area contributed by atoms with Crippen molar-refractivity contribution in [1.82, 2.24) is 9.55 Å². The summed E-state index contributed by atoms with van der Waals surface area (Å²) in [6.45, 7) is 4.00. The summed E-state index contributed by atoms with van der Waals surface area (Å²) in [5.74, 6) is 2.72. The third-order valence-corrected chi connectivity index (χ3v) is 4.18. The lowest BCUT2D eigenvalue weighted by molar-refractivity contribution is 0.397. The number of rotatable bonds is 4. The number of halogens is 1. The molecule has 0 spiro atoms. The van der Waals surface area contributed by atoms with Crippen molar-refractivity contribution in [3.05, 3.63) is 39.4 Å². The van der Waals surface area contributed by atoms with Crippen LogP contribution in [-0.4, -0.2) is 23.8 Å². The minimum Gasteiger partial charge on any atom is -0.496 e. The molecule has 2 rings (SSSR count). The van der Waals surface area contributed by atoms with Gasteiger partial charge in [0.05, 0.1) is 19.9 Å². The fourth-order valence-corrected chi connectivity index (χ4v) is 2.90. The number of hydrogen-bond acceptors (Lipinski definition) is 3. The van der Waals surface area contributed by atoms with Gasteiger partial charge in [0.1, 0.15) is 21.9 Å². The van der Waals surface area contributed by atoms with Gasteiger partial charge in [-0.25, -0.2) is 4.98 Å². The molecule has 108 valence electrons. The minimum atomic E-state index is 0.734. The van der Waals surface area contributed by atoms with Gasteiger partial charge < -0.3 is 14.0 Å². The molecule has 0 aliphatic carbocycles. The number of nitrogens with zero attached hydrogens (tertiary/aromatic N) is 2. The zero-order valence-electron chi connectivity index (χ0n) is 12.5. The van der Waals surface area contributed by atoms with Crippen LogP contribution in [0.15, 0.2) is 16.7 Å². The van der Waals surface area contributed by atoms with Gasteiger partial charge in [0.2, 0.25) is 0 Å². The molecule has 0 N–H and O–H groups in total. The molecule has 1 heterocycles. The van der Waals surface area contributed by atoms with Gasteiger partial charge in [-0.05, 0) is 47.5 Å². The van der Waals surface area contributed by atoms with E-state index in [0.717, 1.165) is 45.2 Å². The highest BCUT2D eigenvalue weighted by atomic mass is 79.9. The second-order valence-corrected chi connectivity index (χ2v) is 5.52. The lowest BCUT2D eigenvalue weighted by atomic mass is 10.1. The third-order valence-electron chi connectivity index (χ3n) is 3.54. The van der Waals surface area contributed by atoms with E-state index in [-0.39, 0.29) is 0 Å². The standard InChI is InChI=1S/C15H19BrN2O2/c1-9-6-14(20-5)11(8-13(9)19-4)7-12-15(16)17-10(2)18(12)3/h6,8H,7H2,1-5H3. The van der Waals surface area contributed by atoms with Crippen molar-refractivity contribution in [1.29, 1.82) is 0 Å². The highest BCUT2D eigenvalue weighted by Crippen LogP contribution is 2.31. The largest absolute Gasteiger partial charge is 0.496 e. The van der Waals surface area contributed by atoms with Gasteiger partial charge >= 0.3 is 0 Å². The maximum atomic E-state index is 5.48. The van der Waals surface area contributed by atoms with Gasteiger partial charge in [-0.3, -0.25) is 0 Å². The van der Waals surface area contributed by atoms with Crippen molar-refractivity contribution >= 4 is 15.9 Å². The zero-order valence-corrected chi connectivity index (χ0v) is 14.0. The van der Waals surface area contributed by atoms with Gasteiger partial charge in [-0.2, -0.15) is 0 Å². The van der Waals surface area contributed by atoms with E-state index in [0.29, 0.717) is 0 Å². The number of ether oxygens (including phenoxy) is 2. The molecule has 0 aliphatic heterocycles. The molecule has 0 fully saturated rings. The first kappa shape index (κ1) is 14.9. The first-order valence-electron chi connectivity index (χ1n) is 6.37. The molecule has 0 bridgehead atoms. The molecule has 1 aromatic heterocycles. The second kappa shape index (κ2) is 5.87. The fourth-order valence-electron chi connectivity index (χ4n) is 2.24. The molecule has 0 amide bonds. The lowest BCUT2D eigenvalue weighted by Gasteiger charge is -2.13. The summed E-state index contributed by atoms with van der Waals surface area (Å²) in [7, 11) is 5.39. The van der Waals surface area contributed by atoms with Gasteiger partial charge in [-0.1, -0.05) is 0 Å². The third kappa shape index (κ3) is 2.68. The van der Waals surface area contributed by atoms with Gasteiger partial charge in [0.15, 0.2) is 0 Å². The summed E-state index contributed by atoms with van der Waals surface area (Å²) >= 11 is 3.52. The van der Waals surface area contributed by atoms with E-state index < -0.39 is 0 Å². The lowest BCUT2D eigenvalue weighted by Crippen LogP contribution is -2.02. The number of aryl methyl sites for hydroxylation is 2. The Bertz CT molecular complexity index is 635. The summed E-state index contributed by atoms with van der Waals surface area (Å²) in [4.78, 5) is 4.43. The van der Waals surface area contributed by atoms with Crippen LogP contribution in [-0.2, 0) is 13.5 Å². The molecule has 0 radical (unpaired) electrons. The Balaban J connectivity index is 2.47. The van der Waals surface area contributed by atoms with Gasteiger partial charge in [-0.15, -0.1) is 0 Å². The zero-order chi connectivity index (χ0) is 14.9. The Morgan fingerprint density at radius 2 is 1.80 bits per heavy atom. The number of benzene rings is 1. The molecular formula is C15H19BrN2O2. The van der Waals surface area contributed by atoms with Crippen molar-refractivity contribution in [3.63, 3.8) is 0 Å². The molecule has 1 aromatic carbocycles. The van der Waals surface area contributed by atoms with Crippen molar-refractivity contribution in [2.75, 3.05) is 14.2 Å². The summed E-state index contributed by atoms with van der Waals surface area (Å²) in [6.07, 6.45) is 0.734. The average Bonchev–Trinajstić information content (AvgIpc) is 2.66. The quantitative estimate of drug-likeness (QED) is 0.857. The predicted molar refractivity (Wildman–Crippen MR) is 82.7 cm³/mol. The van der Waals surface area contributed by atoms with Crippen LogP contribution >= 0.6 is 15.9 Å². The van der Waals surface area contributed by atoms with Gasteiger partial charge in [0, 0.05) is 19.0 Å². The Hall–Kier alpha value is -1.49. The van der Waals surface area contributed by atoms with Crippen molar-refractivity contribution in [2.45, 2.75) is 20.3 Å². The van der Waals surface area contributed by atoms with E-state index in [2.05, 4.69) is 25.5 Å². The van der Waals surface area contributed by atoms with E-state index in [1.807, 2.05) is 33.0 Å². The van der Waals surface area contributed by atoms with Crippen LogP contribution < -0.4 is 9.47 Å². The van der Waals surface area contributed by atoms with E-state index in [1.54, 1.807) is 14.2 Å². The van der Waals surface area contributed by atoms with Crippen LogP contribution in [0.1, 0.15) is 22.6 Å². The second-order valence-electron chi connectivity index (χ2n) is 4.77. The van der Waals surface area contributed by atoms with Crippen LogP contribution in [0.3, 0.4) is 0 Å². The SMILES string of the molecule is COc1cc(Cc2c(Br)nc(C)n2C)c(OC)cc1C. The van der Waals surface area contributed by atoms with E-state index in [4.69, 9.17) is 9.47 Å². The molecule has 0 saturated carbocycles. The van der Waals surface area contributed by atoms with E-state index in [9.17, 15) is 0 Å². The van der Waals surface area contributed by atoms with Crippen LogP contribution in [0.25, 0.3) is 0 Å². The maximum Gasteiger partial charge on any atom is 0.127 e. The first-order chi connectivity index (χ1) is 9.47. The highest BCUT2D eigenvalue weighted by molar-refractivity contribution is 9.10. The number of aromatic nitrogens is 2. The summed E-state index contributed by atoms with van der Waals surface area (Å²) < 4.78 is 13.8. The number of hydrogen-bond donors (Lipinski definition) is 0. The monoisotopic (exact) mass is 338 g/mol. The van der Waals surface area contributed by atoms with Crippen molar-refractivity contribution in [3.8, 4) is 11.5 Å². The molecule has 20 heavy (non-hydrogen) atoms.